The van der Waals surface area contributed by atoms with Crippen molar-refractivity contribution in [2.45, 2.75) is 24.3 Å². The lowest BCUT2D eigenvalue weighted by molar-refractivity contribution is 0.171. The van der Waals surface area contributed by atoms with E-state index in [1.165, 1.54) is 23.5 Å². The minimum absolute atomic E-state index is 0.157. The topological polar surface area (TPSA) is 81.9 Å². The Morgan fingerprint density at radius 1 is 1.38 bits per heavy atom. The molecule has 0 aliphatic carbocycles. The Kier molecular flexibility index (Phi) is 4.70. The van der Waals surface area contributed by atoms with Crippen molar-refractivity contribution >= 4 is 27.2 Å². The van der Waals surface area contributed by atoms with Gasteiger partial charge in [0.05, 0.1) is 9.88 Å². The highest BCUT2D eigenvalue weighted by Crippen LogP contribution is 2.33. The van der Waals surface area contributed by atoms with Gasteiger partial charge in [0.2, 0.25) is 10.0 Å². The van der Waals surface area contributed by atoms with E-state index in [0.717, 1.165) is 0 Å². The van der Waals surface area contributed by atoms with Crippen molar-refractivity contribution in [1.82, 2.24) is 4.31 Å². The molecule has 1 aliphatic heterocycles. The molecular weight excluding hydrogens is 312 g/mol. The lowest BCUT2D eigenvalue weighted by atomic mass is 10.2. The van der Waals surface area contributed by atoms with Gasteiger partial charge in [-0.05, 0) is 19.1 Å². The molecule has 0 spiro atoms. The van der Waals surface area contributed by atoms with Crippen LogP contribution in [0.1, 0.15) is 13.3 Å². The number of thiocarbonyl (C=S) groups is 1. The van der Waals surface area contributed by atoms with E-state index in [9.17, 15) is 8.42 Å². The van der Waals surface area contributed by atoms with Crippen molar-refractivity contribution in [2.75, 3.05) is 20.3 Å². The van der Waals surface area contributed by atoms with Gasteiger partial charge in [-0.1, -0.05) is 12.2 Å². The number of hydrogen-bond acceptors (Lipinski definition) is 5. The number of rotatable bonds is 5. The van der Waals surface area contributed by atoms with Gasteiger partial charge in [0.25, 0.3) is 0 Å². The lowest BCUT2D eigenvalue weighted by Crippen LogP contribution is -2.37. The van der Waals surface area contributed by atoms with Crippen molar-refractivity contribution in [3.8, 4) is 11.5 Å². The summed E-state index contributed by atoms with van der Waals surface area (Å²) in [4.78, 5) is 0.441. The molecule has 8 heteroatoms. The summed E-state index contributed by atoms with van der Waals surface area (Å²) < 4.78 is 37.2. The smallest absolute Gasteiger partial charge is 0.243 e. The third kappa shape index (κ3) is 3.45. The van der Waals surface area contributed by atoms with E-state index in [1.807, 2.05) is 0 Å². The van der Waals surface area contributed by atoms with Gasteiger partial charge in [-0.3, -0.25) is 0 Å². The molecule has 0 saturated heterocycles. The minimum Gasteiger partial charge on any atom is -0.486 e. The van der Waals surface area contributed by atoms with Gasteiger partial charge in [-0.2, -0.15) is 4.31 Å². The van der Waals surface area contributed by atoms with E-state index in [4.69, 9.17) is 27.4 Å². The highest BCUT2D eigenvalue weighted by molar-refractivity contribution is 7.89. The Balaban J connectivity index is 2.28. The molecule has 1 aliphatic rings. The molecule has 1 atom stereocenters. The predicted molar refractivity (Wildman–Crippen MR) is 83.2 cm³/mol. The molecule has 0 bridgehead atoms. The van der Waals surface area contributed by atoms with E-state index in [0.29, 0.717) is 31.1 Å². The number of nitrogens with zero attached hydrogens (tertiary/aromatic N) is 1. The normalized spacial score (nSPS) is 15.8. The zero-order chi connectivity index (χ0) is 15.6. The molecular formula is C13H18N2O4S2. The molecule has 1 unspecified atom stereocenters. The van der Waals surface area contributed by atoms with Gasteiger partial charge >= 0.3 is 0 Å². The SMILES string of the molecule is CC(CC(N)=S)N(C)S(=O)(=O)c1ccc2c(c1)OCCO2. The molecule has 0 amide bonds. The third-order valence-electron chi connectivity index (χ3n) is 3.31. The summed E-state index contributed by atoms with van der Waals surface area (Å²) in [6.07, 6.45) is 0.329. The highest BCUT2D eigenvalue weighted by atomic mass is 32.2. The van der Waals surface area contributed by atoms with Crippen molar-refractivity contribution in [2.24, 2.45) is 5.73 Å². The molecule has 1 aromatic carbocycles. The summed E-state index contributed by atoms with van der Waals surface area (Å²) in [5, 5.41) is 0. The fourth-order valence-electron chi connectivity index (χ4n) is 2.01. The molecule has 2 rings (SSSR count). The molecule has 0 aromatic heterocycles. The lowest BCUT2D eigenvalue weighted by Gasteiger charge is -2.25. The maximum absolute atomic E-state index is 12.6. The van der Waals surface area contributed by atoms with Crippen LogP contribution in [0.5, 0.6) is 11.5 Å². The molecule has 0 radical (unpaired) electrons. The third-order valence-corrected chi connectivity index (χ3v) is 5.44. The van der Waals surface area contributed by atoms with Gasteiger partial charge in [0, 0.05) is 25.6 Å². The second-order valence-electron chi connectivity index (χ2n) is 4.85. The van der Waals surface area contributed by atoms with Crippen LogP contribution < -0.4 is 15.2 Å². The summed E-state index contributed by atoms with van der Waals surface area (Å²) in [5.74, 6) is 0.997. The van der Waals surface area contributed by atoms with Crippen molar-refractivity contribution in [1.29, 1.82) is 0 Å². The molecule has 2 N–H and O–H groups in total. The summed E-state index contributed by atoms with van der Waals surface area (Å²) in [6.45, 7) is 2.63. The van der Waals surface area contributed by atoms with E-state index in [2.05, 4.69) is 0 Å². The Hall–Kier alpha value is -1.38. The van der Waals surface area contributed by atoms with Crippen LogP contribution in [0, 0.1) is 0 Å². The first-order chi connectivity index (χ1) is 9.82. The summed E-state index contributed by atoms with van der Waals surface area (Å²) in [6, 6.07) is 4.27. The molecule has 21 heavy (non-hydrogen) atoms. The Morgan fingerprint density at radius 3 is 2.62 bits per heavy atom. The predicted octanol–water partition coefficient (Wildman–Crippen LogP) is 1.14. The molecule has 1 heterocycles. The van der Waals surface area contributed by atoms with Gasteiger partial charge in [0.1, 0.15) is 13.2 Å². The first-order valence-electron chi connectivity index (χ1n) is 6.48. The summed E-state index contributed by atoms with van der Waals surface area (Å²) in [5.41, 5.74) is 5.48. The van der Waals surface area contributed by atoms with Crippen molar-refractivity contribution < 1.29 is 17.9 Å². The molecule has 1 aromatic rings. The summed E-state index contributed by atoms with van der Waals surface area (Å²) >= 11 is 4.83. The molecule has 116 valence electrons. The average molecular weight is 330 g/mol. The Labute approximate surface area is 129 Å². The molecule has 0 fully saturated rings. The van der Waals surface area contributed by atoms with Gasteiger partial charge < -0.3 is 15.2 Å². The van der Waals surface area contributed by atoms with Crippen LogP contribution in [0.3, 0.4) is 0 Å². The Bertz CT molecular complexity index is 646. The van der Waals surface area contributed by atoms with Crippen LogP contribution in [0.2, 0.25) is 0 Å². The van der Waals surface area contributed by atoms with Crippen LogP contribution in [0.25, 0.3) is 0 Å². The fourth-order valence-corrected chi connectivity index (χ4v) is 3.63. The van der Waals surface area contributed by atoms with Crippen molar-refractivity contribution in [3.63, 3.8) is 0 Å². The number of hydrogen-bond donors (Lipinski definition) is 1. The maximum Gasteiger partial charge on any atom is 0.243 e. The maximum atomic E-state index is 12.6. The first-order valence-corrected chi connectivity index (χ1v) is 8.33. The highest BCUT2D eigenvalue weighted by Gasteiger charge is 2.27. The largest absolute Gasteiger partial charge is 0.486 e. The fraction of sp³-hybridized carbons (Fsp3) is 0.462. The second kappa shape index (κ2) is 6.17. The number of fused-ring (bicyclic) bond motifs is 1. The van der Waals surface area contributed by atoms with Crippen molar-refractivity contribution in [3.05, 3.63) is 18.2 Å². The van der Waals surface area contributed by atoms with Crippen LogP contribution in [0.15, 0.2) is 23.1 Å². The monoisotopic (exact) mass is 330 g/mol. The number of ether oxygens (including phenoxy) is 2. The van der Waals surface area contributed by atoms with Crippen LogP contribution >= 0.6 is 12.2 Å². The van der Waals surface area contributed by atoms with Crippen LogP contribution in [0.4, 0.5) is 0 Å². The quantitative estimate of drug-likeness (QED) is 0.816. The first kappa shape index (κ1) is 16.0. The zero-order valence-corrected chi connectivity index (χ0v) is 13.5. The Morgan fingerprint density at radius 2 is 2.00 bits per heavy atom. The molecule has 0 saturated carbocycles. The zero-order valence-electron chi connectivity index (χ0n) is 11.9. The number of nitrogens with two attached hydrogens (primary N) is 1. The van der Waals surface area contributed by atoms with E-state index in [-0.39, 0.29) is 15.9 Å². The standard InChI is InChI=1S/C13H18N2O4S2/c1-9(7-13(14)20)15(2)21(16,17)10-3-4-11-12(8-10)19-6-5-18-11/h3-4,8-9H,5-7H2,1-2H3,(H2,14,20). The van der Waals surface area contributed by atoms with E-state index in [1.54, 1.807) is 13.0 Å². The molecule has 6 nitrogen and oxygen atoms in total. The van der Waals surface area contributed by atoms with Crippen LogP contribution in [-0.4, -0.2) is 44.0 Å². The van der Waals surface area contributed by atoms with Gasteiger partial charge in [-0.25, -0.2) is 8.42 Å². The minimum atomic E-state index is -3.63. The number of benzene rings is 1. The van der Waals surface area contributed by atoms with E-state index < -0.39 is 10.0 Å². The number of sulfonamides is 1. The second-order valence-corrected chi connectivity index (χ2v) is 7.37. The van der Waals surface area contributed by atoms with Gasteiger partial charge in [-0.15, -0.1) is 0 Å². The van der Waals surface area contributed by atoms with Crippen LogP contribution in [-0.2, 0) is 10.0 Å². The summed E-state index contributed by atoms with van der Waals surface area (Å²) in [7, 11) is -2.13. The van der Waals surface area contributed by atoms with E-state index >= 15 is 0 Å². The average Bonchev–Trinajstić information content (AvgIpc) is 2.45. The van der Waals surface area contributed by atoms with Gasteiger partial charge in [0.15, 0.2) is 11.5 Å².